The Labute approximate surface area is 160 Å². The van der Waals surface area contributed by atoms with Crippen molar-refractivity contribution in [3.8, 4) is 11.5 Å². The number of nitrogens with one attached hydrogen (secondary N) is 2. The second kappa shape index (κ2) is 7.88. The van der Waals surface area contributed by atoms with E-state index in [1.54, 1.807) is 12.1 Å². The van der Waals surface area contributed by atoms with Crippen molar-refractivity contribution in [1.29, 1.82) is 0 Å². The number of ether oxygens (including phenoxy) is 2. The average Bonchev–Trinajstić information content (AvgIpc) is 2.60. The first-order chi connectivity index (χ1) is 12.8. The second-order valence-electron chi connectivity index (χ2n) is 7.51. The van der Waals surface area contributed by atoms with Crippen LogP contribution in [0.5, 0.6) is 11.5 Å². The Bertz CT molecular complexity index is 904. The van der Waals surface area contributed by atoms with Gasteiger partial charge in [0.1, 0.15) is 13.2 Å². The van der Waals surface area contributed by atoms with Gasteiger partial charge in [-0.3, -0.25) is 0 Å². The lowest BCUT2D eigenvalue weighted by molar-refractivity contribution is 0.169. The number of fused-ring (bicyclic) bond motifs is 1. The zero-order valence-corrected chi connectivity index (χ0v) is 16.7. The van der Waals surface area contributed by atoms with Gasteiger partial charge in [0.05, 0.1) is 4.90 Å². The third-order valence-corrected chi connectivity index (χ3v) is 5.84. The van der Waals surface area contributed by atoms with Crippen LogP contribution in [0.4, 0.5) is 0 Å². The molecule has 2 aromatic carbocycles. The van der Waals surface area contributed by atoms with Crippen LogP contribution in [0.15, 0.2) is 47.4 Å². The van der Waals surface area contributed by atoms with Gasteiger partial charge in [0.25, 0.3) is 0 Å². The molecule has 0 saturated carbocycles. The summed E-state index contributed by atoms with van der Waals surface area (Å²) in [4.78, 5) is 0.294. The van der Waals surface area contributed by atoms with Gasteiger partial charge in [0.15, 0.2) is 11.5 Å². The van der Waals surface area contributed by atoms with Crippen LogP contribution in [0.1, 0.15) is 31.9 Å². The molecule has 0 fully saturated rings. The lowest BCUT2D eigenvalue weighted by Gasteiger charge is -2.22. The van der Waals surface area contributed by atoms with Gasteiger partial charge in [-0.25, -0.2) is 13.1 Å². The fourth-order valence-corrected chi connectivity index (χ4v) is 4.63. The number of hydrogen-bond donors (Lipinski definition) is 2. The van der Waals surface area contributed by atoms with Crippen molar-refractivity contribution >= 4 is 10.0 Å². The third-order valence-electron chi connectivity index (χ3n) is 3.98. The first kappa shape index (κ1) is 19.7. The highest BCUT2D eigenvalue weighted by Crippen LogP contribution is 2.33. The van der Waals surface area contributed by atoms with Gasteiger partial charge in [0, 0.05) is 24.2 Å². The maximum atomic E-state index is 12.7. The van der Waals surface area contributed by atoms with Crippen LogP contribution >= 0.6 is 0 Å². The Morgan fingerprint density at radius 2 is 1.59 bits per heavy atom. The van der Waals surface area contributed by atoms with E-state index < -0.39 is 15.6 Å². The van der Waals surface area contributed by atoms with E-state index in [9.17, 15) is 8.42 Å². The molecule has 0 aliphatic carbocycles. The van der Waals surface area contributed by atoms with Crippen molar-refractivity contribution in [2.75, 3.05) is 13.2 Å². The van der Waals surface area contributed by atoms with E-state index in [2.05, 4.69) is 10.0 Å². The Balaban J connectivity index is 1.73. The maximum absolute atomic E-state index is 12.7. The summed E-state index contributed by atoms with van der Waals surface area (Å²) in [6.07, 6.45) is 0. The molecule has 146 valence electrons. The van der Waals surface area contributed by atoms with E-state index in [1.807, 2.05) is 51.1 Å². The summed E-state index contributed by atoms with van der Waals surface area (Å²) in [5.41, 5.74) is 1.16. The molecule has 3 rings (SSSR count). The highest BCUT2D eigenvalue weighted by Gasteiger charge is 2.24. The van der Waals surface area contributed by atoms with Crippen LogP contribution in [0.3, 0.4) is 0 Å². The summed E-state index contributed by atoms with van der Waals surface area (Å²) in [7, 11) is -3.59. The molecule has 0 radical (unpaired) electrons. The molecule has 0 atom stereocenters. The van der Waals surface area contributed by atoms with E-state index in [4.69, 9.17) is 9.47 Å². The third kappa shape index (κ3) is 5.00. The number of benzene rings is 2. The topological polar surface area (TPSA) is 76.7 Å². The van der Waals surface area contributed by atoms with Gasteiger partial charge in [-0.05, 0) is 38.5 Å². The summed E-state index contributed by atoms with van der Waals surface area (Å²) < 4.78 is 39.5. The Morgan fingerprint density at radius 3 is 2.37 bits per heavy atom. The summed E-state index contributed by atoms with van der Waals surface area (Å²) in [5, 5.41) is 3.32. The van der Waals surface area contributed by atoms with Gasteiger partial charge in [-0.2, -0.15) is 0 Å². The minimum atomic E-state index is -3.59. The molecule has 1 aliphatic heterocycles. The zero-order chi connectivity index (χ0) is 19.5. The Morgan fingerprint density at radius 1 is 0.926 bits per heavy atom. The number of rotatable bonds is 6. The SMILES string of the molecule is CC(C)(C)NS(=O)(=O)c1ccccc1CNCc1cccc2c1OCCO2. The number of hydrogen-bond acceptors (Lipinski definition) is 5. The summed E-state index contributed by atoms with van der Waals surface area (Å²) in [5.74, 6) is 1.50. The van der Waals surface area contributed by atoms with E-state index in [0.717, 1.165) is 22.6 Å². The standard InChI is InChI=1S/C20H26N2O4S/c1-20(2,3)22-27(23,24)18-10-5-4-7-15(18)13-21-14-16-8-6-9-17-19(16)26-12-11-25-17/h4-10,21-22H,11-14H2,1-3H3. The molecular formula is C20H26N2O4S. The van der Waals surface area contributed by atoms with Gasteiger partial charge in [-0.1, -0.05) is 30.3 Å². The lowest BCUT2D eigenvalue weighted by atomic mass is 10.1. The minimum absolute atomic E-state index is 0.294. The highest BCUT2D eigenvalue weighted by atomic mass is 32.2. The van der Waals surface area contributed by atoms with Crippen molar-refractivity contribution in [1.82, 2.24) is 10.0 Å². The molecule has 1 aliphatic rings. The molecule has 0 aromatic heterocycles. The summed E-state index contributed by atoms with van der Waals surface area (Å²) in [6, 6.07) is 12.8. The van der Waals surface area contributed by atoms with Crippen LogP contribution in [0, 0.1) is 0 Å². The van der Waals surface area contributed by atoms with Crippen molar-refractivity contribution in [2.24, 2.45) is 0 Å². The summed E-state index contributed by atoms with van der Waals surface area (Å²) >= 11 is 0. The molecule has 0 unspecified atom stereocenters. The molecule has 6 nitrogen and oxygen atoms in total. The predicted molar refractivity (Wildman–Crippen MR) is 104 cm³/mol. The van der Waals surface area contributed by atoms with Gasteiger partial charge < -0.3 is 14.8 Å². The number of para-hydroxylation sites is 1. The van der Waals surface area contributed by atoms with Crippen molar-refractivity contribution < 1.29 is 17.9 Å². The van der Waals surface area contributed by atoms with Crippen LogP contribution in [0.25, 0.3) is 0 Å². The molecule has 27 heavy (non-hydrogen) atoms. The largest absolute Gasteiger partial charge is 0.486 e. The molecule has 0 amide bonds. The van der Waals surface area contributed by atoms with Crippen LogP contribution < -0.4 is 19.5 Å². The fraction of sp³-hybridized carbons (Fsp3) is 0.400. The molecule has 0 saturated heterocycles. The smallest absolute Gasteiger partial charge is 0.241 e. The van der Waals surface area contributed by atoms with E-state index >= 15 is 0 Å². The van der Waals surface area contributed by atoms with Crippen LogP contribution in [-0.2, 0) is 23.1 Å². The lowest BCUT2D eigenvalue weighted by Crippen LogP contribution is -2.40. The summed E-state index contributed by atoms with van der Waals surface area (Å²) in [6.45, 7) is 7.53. The normalized spacial score (nSPS) is 14.2. The maximum Gasteiger partial charge on any atom is 0.241 e. The first-order valence-electron chi connectivity index (χ1n) is 8.96. The van der Waals surface area contributed by atoms with Crippen molar-refractivity contribution in [2.45, 2.75) is 44.3 Å². The minimum Gasteiger partial charge on any atom is -0.486 e. The molecule has 7 heteroatoms. The van der Waals surface area contributed by atoms with E-state index in [-0.39, 0.29) is 0 Å². The quantitative estimate of drug-likeness (QED) is 0.793. The molecule has 1 heterocycles. The van der Waals surface area contributed by atoms with E-state index in [0.29, 0.717) is 31.2 Å². The van der Waals surface area contributed by atoms with Gasteiger partial charge in [-0.15, -0.1) is 0 Å². The van der Waals surface area contributed by atoms with Crippen molar-refractivity contribution in [3.05, 3.63) is 53.6 Å². The number of sulfonamides is 1. The molecular weight excluding hydrogens is 364 g/mol. The van der Waals surface area contributed by atoms with Gasteiger partial charge >= 0.3 is 0 Å². The fourth-order valence-electron chi connectivity index (χ4n) is 2.98. The first-order valence-corrected chi connectivity index (χ1v) is 10.4. The molecule has 0 bridgehead atoms. The monoisotopic (exact) mass is 390 g/mol. The zero-order valence-electron chi connectivity index (χ0n) is 15.9. The Hall–Kier alpha value is -2.09. The molecule has 2 N–H and O–H groups in total. The van der Waals surface area contributed by atoms with Crippen LogP contribution in [-0.4, -0.2) is 27.2 Å². The van der Waals surface area contributed by atoms with Crippen LogP contribution in [0.2, 0.25) is 0 Å². The van der Waals surface area contributed by atoms with Gasteiger partial charge in [0.2, 0.25) is 10.0 Å². The van der Waals surface area contributed by atoms with E-state index in [1.165, 1.54) is 0 Å². The average molecular weight is 391 g/mol. The molecule has 0 spiro atoms. The highest BCUT2D eigenvalue weighted by molar-refractivity contribution is 7.89. The predicted octanol–water partition coefficient (Wildman–Crippen LogP) is 2.82. The Kier molecular flexibility index (Phi) is 5.74. The van der Waals surface area contributed by atoms with Crippen molar-refractivity contribution in [3.63, 3.8) is 0 Å². The second-order valence-corrected chi connectivity index (χ2v) is 9.16. The molecule has 2 aromatic rings.